The minimum atomic E-state index is -0.0439. The lowest BCUT2D eigenvalue weighted by atomic mass is 10.2. The monoisotopic (exact) mass is 302 g/mol. The van der Waals surface area contributed by atoms with Gasteiger partial charge in [0.05, 0.1) is 11.8 Å². The summed E-state index contributed by atoms with van der Waals surface area (Å²) in [6.07, 6.45) is 6.07. The number of nitrogens with zero attached hydrogens (tertiary/aromatic N) is 5. The highest BCUT2D eigenvalue weighted by atomic mass is 16.2. The van der Waals surface area contributed by atoms with Gasteiger partial charge in [0.15, 0.2) is 0 Å². The molecule has 1 N–H and O–H groups in total. The molecule has 0 bridgehead atoms. The molecule has 0 spiro atoms. The summed E-state index contributed by atoms with van der Waals surface area (Å²) in [5.41, 5.74) is 2.43. The Bertz CT molecular complexity index is 634. The summed E-state index contributed by atoms with van der Waals surface area (Å²) in [6, 6.07) is 0. The van der Waals surface area contributed by atoms with Crippen molar-refractivity contribution in [2.24, 2.45) is 0 Å². The molecule has 0 aliphatic heterocycles. The lowest BCUT2D eigenvalue weighted by Crippen LogP contribution is -2.26. The average molecular weight is 302 g/mol. The molecule has 0 unspecified atom stereocenters. The molecule has 0 saturated heterocycles. The van der Waals surface area contributed by atoms with Crippen LogP contribution in [0.25, 0.3) is 0 Å². The van der Waals surface area contributed by atoms with Crippen molar-refractivity contribution in [2.45, 2.75) is 33.4 Å². The molecule has 2 rings (SSSR count). The second kappa shape index (κ2) is 7.02. The van der Waals surface area contributed by atoms with Crippen LogP contribution >= 0.6 is 0 Å². The zero-order chi connectivity index (χ0) is 16.1. The van der Waals surface area contributed by atoms with Crippen molar-refractivity contribution >= 4 is 11.9 Å². The second-order valence-electron chi connectivity index (χ2n) is 5.19. The summed E-state index contributed by atoms with van der Waals surface area (Å²) >= 11 is 0. The molecular formula is C15H22N6O. The minimum absolute atomic E-state index is 0.0439. The number of hydrogen-bond donors (Lipinski definition) is 1. The molecule has 2 aromatic heterocycles. The van der Waals surface area contributed by atoms with E-state index in [-0.39, 0.29) is 5.91 Å². The first kappa shape index (κ1) is 15.9. The van der Waals surface area contributed by atoms with Gasteiger partial charge in [-0.05, 0) is 13.3 Å². The first-order chi connectivity index (χ1) is 10.6. The number of anilines is 1. The number of rotatable bonds is 6. The SMILES string of the molecule is CCCn1ncc(C(=O)N(C)Cc2cnc(NC)nc2)c1C. The molecule has 0 aliphatic rings. The average Bonchev–Trinajstić information content (AvgIpc) is 2.89. The standard InChI is InChI=1S/C15H22N6O/c1-5-6-21-11(2)13(9-19-21)14(22)20(4)10-12-7-17-15(16-3)18-8-12/h7-9H,5-6,10H2,1-4H3,(H,16,17,18). The van der Waals surface area contributed by atoms with Gasteiger partial charge in [-0.3, -0.25) is 9.48 Å². The van der Waals surface area contributed by atoms with Crippen molar-refractivity contribution in [2.75, 3.05) is 19.4 Å². The van der Waals surface area contributed by atoms with Gasteiger partial charge in [0.25, 0.3) is 5.91 Å². The van der Waals surface area contributed by atoms with Crippen LogP contribution in [0.5, 0.6) is 0 Å². The van der Waals surface area contributed by atoms with Gasteiger partial charge in [-0.25, -0.2) is 9.97 Å². The molecule has 7 heteroatoms. The van der Waals surface area contributed by atoms with E-state index in [9.17, 15) is 4.79 Å². The van der Waals surface area contributed by atoms with Crippen molar-refractivity contribution < 1.29 is 4.79 Å². The highest BCUT2D eigenvalue weighted by Gasteiger charge is 2.18. The predicted octanol–water partition coefficient (Wildman–Crippen LogP) is 1.71. The van der Waals surface area contributed by atoms with Crippen molar-refractivity contribution in [1.82, 2.24) is 24.6 Å². The molecule has 0 radical (unpaired) electrons. The number of nitrogens with one attached hydrogen (secondary N) is 1. The molecule has 2 heterocycles. The quantitative estimate of drug-likeness (QED) is 0.879. The van der Waals surface area contributed by atoms with Crippen LogP contribution in [0.4, 0.5) is 5.95 Å². The van der Waals surface area contributed by atoms with Crippen LogP contribution in [-0.4, -0.2) is 44.7 Å². The third-order valence-corrected chi connectivity index (χ3v) is 3.46. The molecule has 118 valence electrons. The van der Waals surface area contributed by atoms with E-state index in [0.29, 0.717) is 18.1 Å². The number of hydrogen-bond acceptors (Lipinski definition) is 5. The van der Waals surface area contributed by atoms with Crippen molar-refractivity contribution in [3.05, 3.63) is 35.4 Å². The molecular weight excluding hydrogens is 280 g/mol. The van der Waals surface area contributed by atoms with Crippen LogP contribution in [0.3, 0.4) is 0 Å². The number of aryl methyl sites for hydroxylation is 1. The highest BCUT2D eigenvalue weighted by Crippen LogP contribution is 2.12. The topological polar surface area (TPSA) is 75.9 Å². The Kier molecular flexibility index (Phi) is 5.08. The van der Waals surface area contributed by atoms with E-state index in [1.165, 1.54) is 0 Å². The van der Waals surface area contributed by atoms with E-state index < -0.39 is 0 Å². The molecule has 0 aromatic carbocycles. The lowest BCUT2D eigenvalue weighted by Gasteiger charge is -2.17. The normalized spacial score (nSPS) is 10.5. The largest absolute Gasteiger partial charge is 0.357 e. The number of amides is 1. The first-order valence-corrected chi connectivity index (χ1v) is 7.33. The summed E-state index contributed by atoms with van der Waals surface area (Å²) in [7, 11) is 3.53. The van der Waals surface area contributed by atoms with E-state index in [4.69, 9.17) is 0 Å². The third-order valence-electron chi connectivity index (χ3n) is 3.46. The Morgan fingerprint density at radius 3 is 2.59 bits per heavy atom. The summed E-state index contributed by atoms with van der Waals surface area (Å²) in [4.78, 5) is 22.5. The molecule has 0 aliphatic carbocycles. The van der Waals surface area contributed by atoms with Crippen LogP contribution in [-0.2, 0) is 13.1 Å². The van der Waals surface area contributed by atoms with Gasteiger partial charge in [0.2, 0.25) is 5.95 Å². The fraction of sp³-hybridized carbons (Fsp3) is 0.467. The van der Waals surface area contributed by atoms with Gasteiger partial charge in [-0.2, -0.15) is 5.10 Å². The van der Waals surface area contributed by atoms with Crippen molar-refractivity contribution in [1.29, 1.82) is 0 Å². The Labute approximate surface area is 130 Å². The van der Waals surface area contributed by atoms with Crippen LogP contribution < -0.4 is 5.32 Å². The minimum Gasteiger partial charge on any atom is -0.357 e. The maximum atomic E-state index is 12.5. The molecule has 1 amide bonds. The number of carbonyl (C=O) groups is 1. The van der Waals surface area contributed by atoms with Gasteiger partial charge in [-0.1, -0.05) is 6.92 Å². The summed E-state index contributed by atoms with van der Waals surface area (Å²) in [6.45, 7) is 5.29. The second-order valence-corrected chi connectivity index (χ2v) is 5.19. The molecule has 0 saturated carbocycles. The Balaban J connectivity index is 2.08. The molecule has 22 heavy (non-hydrogen) atoms. The van der Waals surface area contributed by atoms with E-state index >= 15 is 0 Å². The van der Waals surface area contributed by atoms with Gasteiger partial charge < -0.3 is 10.2 Å². The fourth-order valence-corrected chi connectivity index (χ4v) is 2.21. The van der Waals surface area contributed by atoms with Crippen LogP contribution in [0.15, 0.2) is 18.6 Å². The van der Waals surface area contributed by atoms with Gasteiger partial charge in [0, 0.05) is 50.8 Å². The van der Waals surface area contributed by atoms with Crippen LogP contribution in [0.2, 0.25) is 0 Å². The third kappa shape index (κ3) is 3.41. The highest BCUT2D eigenvalue weighted by molar-refractivity contribution is 5.94. The van der Waals surface area contributed by atoms with E-state index in [2.05, 4.69) is 27.3 Å². The maximum absolute atomic E-state index is 12.5. The van der Waals surface area contributed by atoms with Gasteiger partial charge in [0.1, 0.15) is 0 Å². The first-order valence-electron chi connectivity index (χ1n) is 7.33. The van der Waals surface area contributed by atoms with Crippen molar-refractivity contribution in [3.8, 4) is 0 Å². The Hall–Kier alpha value is -2.44. The van der Waals surface area contributed by atoms with E-state index in [1.54, 1.807) is 37.6 Å². The summed E-state index contributed by atoms with van der Waals surface area (Å²) in [5, 5.41) is 7.14. The zero-order valence-electron chi connectivity index (χ0n) is 13.5. The molecule has 7 nitrogen and oxygen atoms in total. The fourth-order valence-electron chi connectivity index (χ4n) is 2.21. The van der Waals surface area contributed by atoms with E-state index in [0.717, 1.165) is 24.2 Å². The number of carbonyl (C=O) groups excluding carboxylic acids is 1. The molecule has 2 aromatic rings. The summed E-state index contributed by atoms with van der Waals surface area (Å²) < 4.78 is 1.87. The van der Waals surface area contributed by atoms with Crippen molar-refractivity contribution in [3.63, 3.8) is 0 Å². The molecule has 0 fully saturated rings. The number of aromatic nitrogens is 4. The lowest BCUT2D eigenvalue weighted by molar-refractivity contribution is 0.0784. The Morgan fingerprint density at radius 2 is 2.00 bits per heavy atom. The predicted molar refractivity (Wildman–Crippen MR) is 84.6 cm³/mol. The maximum Gasteiger partial charge on any atom is 0.257 e. The van der Waals surface area contributed by atoms with Gasteiger partial charge >= 0.3 is 0 Å². The summed E-state index contributed by atoms with van der Waals surface area (Å²) in [5.74, 6) is 0.520. The Morgan fingerprint density at radius 1 is 1.32 bits per heavy atom. The van der Waals surface area contributed by atoms with E-state index in [1.807, 2.05) is 11.6 Å². The van der Waals surface area contributed by atoms with Gasteiger partial charge in [-0.15, -0.1) is 0 Å². The van der Waals surface area contributed by atoms with Crippen LogP contribution in [0, 0.1) is 6.92 Å². The smallest absolute Gasteiger partial charge is 0.257 e. The van der Waals surface area contributed by atoms with Crippen LogP contribution in [0.1, 0.15) is 35.0 Å². The zero-order valence-corrected chi connectivity index (χ0v) is 13.5. The molecule has 0 atom stereocenters.